The second-order valence-electron chi connectivity index (χ2n) is 4.76. The molecule has 0 aliphatic rings. The summed E-state index contributed by atoms with van der Waals surface area (Å²) < 4.78 is 43.5. The summed E-state index contributed by atoms with van der Waals surface area (Å²) in [5.74, 6) is -2.89. The van der Waals surface area contributed by atoms with Crippen molar-refractivity contribution in [1.82, 2.24) is 5.32 Å². The van der Waals surface area contributed by atoms with E-state index in [-0.39, 0.29) is 24.5 Å². The Morgan fingerprint density at radius 1 is 1.43 bits per heavy atom. The van der Waals surface area contributed by atoms with E-state index in [1.54, 1.807) is 0 Å². The van der Waals surface area contributed by atoms with E-state index >= 15 is 0 Å². The lowest BCUT2D eigenvalue weighted by atomic mass is 10.1. The van der Waals surface area contributed by atoms with E-state index in [0.29, 0.717) is 6.07 Å². The van der Waals surface area contributed by atoms with Crippen molar-refractivity contribution in [2.24, 2.45) is 5.92 Å². The largest absolute Gasteiger partial charge is 0.489 e. The highest BCUT2D eigenvalue weighted by molar-refractivity contribution is 5.97. The van der Waals surface area contributed by atoms with Crippen molar-refractivity contribution < 1.29 is 32.6 Å². The van der Waals surface area contributed by atoms with Gasteiger partial charge in [0.15, 0.2) is 0 Å². The smallest absolute Gasteiger partial charge is 0.416 e. The van der Waals surface area contributed by atoms with Crippen LogP contribution in [-0.2, 0) is 11.0 Å². The highest BCUT2D eigenvalue weighted by Crippen LogP contribution is 2.32. The molecule has 126 valence electrons. The second kappa shape index (κ2) is 7.66. The van der Waals surface area contributed by atoms with Crippen LogP contribution >= 0.6 is 0 Å². The minimum absolute atomic E-state index is 0.0111. The van der Waals surface area contributed by atoms with Crippen molar-refractivity contribution in [1.29, 1.82) is 0 Å². The zero-order valence-electron chi connectivity index (χ0n) is 12.3. The maximum Gasteiger partial charge on any atom is 0.416 e. The summed E-state index contributed by atoms with van der Waals surface area (Å²) in [7, 11) is 0. The zero-order valence-corrected chi connectivity index (χ0v) is 12.3. The number of carbonyl (C=O) groups is 2. The van der Waals surface area contributed by atoms with Crippen molar-refractivity contribution in [3.05, 3.63) is 42.0 Å². The summed E-state index contributed by atoms with van der Waals surface area (Å²) in [5.41, 5.74) is -1.32. The average molecular weight is 331 g/mol. The Hall–Kier alpha value is -2.51. The monoisotopic (exact) mass is 331 g/mol. The third-order valence-electron chi connectivity index (χ3n) is 2.90. The molecule has 1 aromatic rings. The molecule has 0 fully saturated rings. The molecule has 5 nitrogen and oxygen atoms in total. The van der Waals surface area contributed by atoms with Crippen LogP contribution in [0.15, 0.2) is 30.9 Å². The van der Waals surface area contributed by atoms with Crippen molar-refractivity contribution in [2.45, 2.75) is 13.1 Å². The lowest BCUT2D eigenvalue weighted by Crippen LogP contribution is -2.32. The maximum atomic E-state index is 12.8. The Kier molecular flexibility index (Phi) is 6.18. The lowest BCUT2D eigenvalue weighted by Gasteiger charge is -2.14. The summed E-state index contributed by atoms with van der Waals surface area (Å²) in [6.07, 6.45) is -3.23. The van der Waals surface area contributed by atoms with Crippen LogP contribution in [0.3, 0.4) is 0 Å². The van der Waals surface area contributed by atoms with Crippen LogP contribution in [0.4, 0.5) is 13.2 Å². The molecule has 2 N–H and O–H groups in total. The van der Waals surface area contributed by atoms with Crippen molar-refractivity contribution in [3.8, 4) is 5.75 Å². The molecule has 0 bridgehead atoms. The molecular weight excluding hydrogens is 315 g/mol. The van der Waals surface area contributed by atoms with Crippen LogP contribution < -0.4 is 10.1 Å². The SMILES string of the molecule is C=CCOc1ccc(C(F)(F)F)cc1C(=O)NCC(C)C(=O)O. The van der Waals surface area contributed by atoms with Gasteiger partial charge in [0.05, 0.1) is 17.0 Å². The molecule has 0 saturated heterocycles. The van der Waals surface area contributed by atoms with Crippen molar-refractivity contribution in [3.63, 3.8) is 0 Å². The van der Waals surface area contributed by atoms with Gasteiger partial charge in [-0.2, -0.15) is 13.2 Å². The number of aliphatic carboxylic acids is 1. The molecule has 8 heteroatoms. The normalized spacial score (nSPS) is 12.3. The third-order valence-corrected chi connectivity index (χ3v) is 2.90. The fraction of sp³-hybridized carbons (Fsp3) is 0.333. The maximum absolute atomic E-state index is 12.8. The number of amides is 1. The number of halogens is 3. The van der Waals surface area contributed by atoms with Gasteiger partial charge in [0, 0.05) is 6.54 Å². The van der Waals surface area contributed by atoms with Gasteiger partial charge >= 0.3 is 12.1 Å². The van der Waals surface area contributed by atoms with Crippen molar-refractivity contribution >= 4 is 11.9 Å². The molecule has 1 rings (SSSR count). The molecule has 1 amide bonds. The molecule has 0 spiro atoms. The minimum atomic E-state index is -4.61. The van der Waals surface area contributed by atoms with E-state index in [1.165, 1.54) is 13.0 Å². The van der Waals surface area contributed by atoms with E-state index < -0.39 is 29.5 Å². The Morgan fingerprint density at radius 2 is 2.09 bits per heavy atom. The Balaban J connectivity index is 3.05. The summed E-state index contributed by atoms with van der Waals surface area (Å²) in [6.45, 7) is 4.57. The first-order valence-corrected chi connectivity index (χ1v) is 6.62. The van der Waals surface area contributed by atoms with Crippen molar-refractivity contribution in [2.75, 3.05) is 13.2 Å². The number of carbonyl (C=O) groups excluding carboxylic acids is 1. The number of hydrogen-bond acceptors (Lipinski definition) is 3. The van der Waals surface area contributed by atoms with E-state index in [2.05, 4.69) is 11.9 Å². The van der Waals surface area contributed by atoms with E-state index in [4.69, 9.17) is 9.84 Å². The predicted molar refractivity (Wildman–Crippen MR) is 76.3 cm³/mol. The van der Waals surface area contributed by atoms with Gasteiger partial charge in [-0.3, -0.25) is 9.59 Å². The number of benzene rings is 1. The lowest BCUT2D eigenvalue weighted by molar-refractivity contribution is -0.141. The van der Waals surface area contributed by atoms with Gasteiger partial charge in [-0.05, 0) is 18.2 Å². The number of ether oxygens (including phenoxy) is 1. The predicted octanol–water partition coefficient (Wildman–Crippen LogP) is 2.72. The molecule has 0 saturated carbocycles. The number of nitrogens with one attached hydrogen (secondary N) is 1. The molecule has 0 heterocycles. The summed E-state index contributed by atoms with van der Waals surface area (Å²) in [5, 5.41) is 11.0. The highest BCUT2D eigenvalue weighted by Gasteiger charge is 2.32. The molecule has 0 aliphatic heterocycles. The number of rotatable bonds is 7. The second-order valence-corrected chi connectivity index (χ2v) is 4.76. The Bertz CT molecular complexity index is 599. The molecule has 0 aliphatic carbocycles. The highest BCUT2D eigenvalue weighted by atomic mass is 19.4. The third kappa shape index (κ3) is 5.32. The molecular formula is C15H16F3NO4. The summed E-state index contributed by atoms with van der Waals surface area (Å²) in [4.78, 5) is 22.8. The zero-order chi connectivity index (χ0) is 17.6. The first-order chi connectivity index (χ1) is 10.7. The summed E-state index contributed by atoms with van der Waals surface area (Å²) in [6, 6.07) is 2.51. The van der Waals surface area contributed by atoms with Crippen LogP contribution in [0.5, 0.6) is 5.75 Å². The van der Waals surface area contributed by atoms with Gasteiger partial charge < -0.3 is 15.2 Å². The molecule has 23 heavy (non-hydrogen) atoms. The van der Waals surface area contributed by atoms with Gasteiger partial charge in [-0.15, -0.1) is 0 Å². The number of carboxylic acid groups (broad SMARTS) is 1. The van der Waals surface area contributed by atoms with Crippen LogP contribution in [0.25, 0.3) is 0 Å². The van der Waals surface area contributed by atoms with Gasteiger partial charge in [0.1, 0.15) is 12.4 Å². The molecule has 0 aromatic heterocycles. The standard InChI is InChI=1S/C15H16F3NO4/c1-3-6-23-12-5-4-10(15(16,17)18)7-11(12)13(20)19-8-9(2)14(21)22/h3-5,7,9H,1,6,8H2,2H3,(H,19,20)(H,21,22). The Morgan fingerprint density at radius 3 is 2.61 bits per heavy atom. The van der Waals surface area contributed by atoms with Crippen LogP contribution in [0.1, 0.15) is 22.8 Å². The van der Waals surface area contributed by atoms with Gasteiger partial charge in [0.2, 0.25) is 0 Å². The van der Waals surface area contributed by atoms with Crippen LogP contribution in [0.2, 0.25) is 0 Å². The molecule has 1 unspecified atom stereocenters. The first kappa shape index (κ1) is 18.5. The van der Waals surface area contributed by atoms with Gasteiger partial charge in [0.25, 0.3) is 5.91 Å². The number of hydrogen-bond donors (Lipinski definition) is 2. The number of alkyl halides is 3. The first-order valence-electron chi connectivity index (χ1n) is 6.62. The molecule has 1 aromatic carbocycles. The van der Waals surface area contributed by atoms with Gasteiger partial charge in [-0.1, -0.05) is 19.6 Å². The Labute approximate surface area is 130 Å². The van der Waals surface area contributed by atoms with E-state index in [0.717, 1.165) is 12.1 Å². The van der Waals surface area contributed by atoms with E-state index in [9.17, 15) is 22.8 Å². The quantitative estimate of drug-likeness (QED) is 0.753. The summed E-state index contributed by atoms with van der Waals surface area (Å²) >= 11 is 0. The molecule has 1 atom stereocenters. The van der Waals surface area contributed by atoms with Gasteiger partial charge in [-0.25, -0.2) is 0 Å². The van der Waals surface area contributed by atoms with Crippen LogP contribution in [-0.4, -0.2) is 30.1 Å². The average Bonchev–Trinajstić information content (AvgIpc) is 2.48. The topological polar surface area (TPSA) is 75.6 Å². The van der Waals surface area contributed by atoms with E-state index in [1.807, 2.05) is 0 Å². The van der Waals surface area contributed by atoms with Crippen LogP contribution in [0, 0.1) is 5.92 Å². The minimum Gasteiger partial charge on any atom is -0.489 e. The fourth-order valence-corrected chi connectivity index (χ4v) is 1.59. The number of carboxylic acids is 1. The molecule has 0 radical (unpaired) electrons. The fourth-order valence-electron chi connectivity index (χ4n) is 1.59.